The first-order valence-electron chi connectivity index (χ1n) is 7.30. The summed E-state index contributed by atoms with van der Waals surface area (Å²) >= 11 is 0. The Bertz CT molecular complexity index is 452. The van der Waals surface area contributed by atoms with E-state index in [4.69, 9.17) is 4.74 Å². The van der Waals surface area contributed by atoms with Crippen LogP contribution >= 0.6 is 0 Å². The van der Waals surface area contributed by atoms with Crippen LogP contribution in [0.3, 0.4) is 0 Å². The molecule has 0 aliphatic carbocycles. The first-order chi connectivity index (χ1) is 9.34. The molecule has 1 atom stereocenters. The Morgan fingerprint density at radius 3 is 3.05 bits per heavy atom. The topological polar surface area (TPSA) is 29.5 Å². The van der Waals surface area contributed by atoms with Crippen molar-refractivity contribution in [1.82, 2.24) is 0 Å². The lowest BCUT2D eigenvalue weighted by Crippen LogP contribution is -2.37. The Morgan fingerprint density at radius 2 is 2.21 bits per heavy atom. The molecule has 1 saturated heterocycles. The predicted molar refractivity (Wildman–Crippen MR) is 75.3 cm³/mol. The van der Waals surface area contributed by atoms with Crippen molar-refractivity contribution in [1.29, 1.82) is 0 Å². The van der Waals surface area contributed by atoms with Crippen LogP contribution in [-0.2, 0) is 16.0 Å². The molecule has 0 saturated carbocycles. The quantitative estimate of drug-likeness (QED) is 0.817. The highest BCUT2D eigenvalue weighted by molar-refractivity contribution is 5.94. The molecule has 2 heterocycles. The minimum atomic E-state index is 0.266. The van der Waals surface area contributed by atoms with Crippen LogP contribution in [-0.4, -0.2) is 25.7 Å². The fourth-order valence-corrected chi connectivity index (χ4v) is 3.12. The van der Waals surface area contributed by atoms with Crippen LogP contribution in [0.2, 0.25) is 0 Å². The number of anilines is 1. The molecule has 1 amide bonds. The van der Waals surface area contributed by atoms with Gasteiger partial charge in [-0.3, -0.25) is 4.79 Å². The number of amides is 1. The maximum Gasteiger partial charge on any atom is 0.227 e. The van der Waals surface area contributed by atoms with Gasteiger partial charge in [-0.2, -0.15) is 0 Å². The van der Waals surface area contributed by atoms with Crippen molar-refractivity contribution in [2.45, 2.75) is 32.1 Å². The number of hydrogen-bond acceptors (Lipinski definition) is 2. The van der Waals surface area contributed by atoms with Gasteiger partial charge in [-0.25, -0.2) is 0 Å². The molecule has 2 aliphatic heterocycles. The summed E-state index contributed by atoms with van der Waals surface area (Å²) in [6.07, 6.45) is 5.01. The molecule has 0 aromatic heterocycles. The summed E-state index contributed by atoms with van der Waals surface area (Å²) in [5.41, 5.74) is 2.43. The largest absolute Gasteiger partial charge is 0.381 e. The van der Waals surface area contributed by atoms with Gasteiger partial charge in [0.05, 0.1) is 0 Å². The third kappa shape index (κ3) is 2.81. The van der Waals surface area contributed by atoms with Crippen LogP contribution in [0, 0.1) is 5.92 Å². The molecular formula is C16H21NO2. The minimum absolute atomic E-state index is 0.266. The van der Waals surface area contributed by atoms with Crippen LogP contribution in [0.25, 0.3) is 0 Å². The lowest BCUT2D eigenvalue weighted by molar-refractivity contribution is -0.120. The molecule has 1 aromatic rings. The molecule has 0 N–H and O–H groups in total. The second-order valence-corrected chi connectivity index (χ2v) is 5.56. The number of carbonyl (C=O) groups is 1. The van der Waals surface area contributed by atoms with Gasteiger partial charge in [0, 0.05) is 31.9 Å². The van der Waals surface area contributed by atoms with Crippen LogP contribution in [0.15, 0.2) is 24.3 Å². The molecule has 1 unspecified atom stereocenters. The van der Waals surface area contributed by atoms with E-state index in [1.807, 2.05) is 11.0 Å². The Morgan fingerprint density at radius 1 is 1.32 bits per heavy atom. The molecule has 2 aliphatic rings. The summed E-state index contributed by atoms with van der Waals surface area (Å²) in [4.78, 5) is 14.5. The molecule has 0 bridgehead atoms. The zero-order chi connectivity index (χ0) is 13.1. The molecule has 102 valence electrons. The van der Waals surface area contributed by atoms with E-state index in [-0.39, 0.29) is 5.91 Å². The molecule has 0 radical (unpaired) electrons. The SMILES string of the molecule is O=C(CC1CCCOC1)N1CCCc2ccccc21. The molecule has 3 heteroatoms. The van der Waals surface area contributed by atoms with Gasteiger partial charge in [-0.15, -0.1) is 0 Å². The Labute approximate surface area is 114 Å². The number of hydrogen-bond donors (Lipinski definition) is 0. The maximum atomic E-state index is 12.5. The Kier molecular flexibility index (Phi) is 3.83. The Hall–Kier alpha value is -1.35. The third-order valence-corrected chi connectivity index (χ3v) is 4.13. The van der Waals surface area contributed by atoms with E-state index in [2.05, 4.69) is 18.2 Å². The van der Waals surface area contributed by atoms with Gasteiger partial charge >= 0.3 is 0 Å². The summed E-state index contributed by atoms with van der Waals surface area (Å²) in [6, 6.07) is 8.29. The fourth-order valence-electron chi connectivity index (χ4n) is 3.12. The average Bonchev–Trinajstić information content (AvgIpc) is 2.47. The monoisotopic (exact) mass is 259 g/mol. The number of ether oxygens (including phenoxy) is 1. The van der Waals surface area contributed by atoms with Crippen molar-refractivity contribution in [3.05, 3.63) is 29.8 Å². The summed E-state index contributed by atoms with van der Waals surface area (Å²) in [5.74, 6) is 0.679. The van der Waals surface area contributed by atoms with E-state index in [0.29, 0.717) is 12.3 Å². The van der Waals surface area contributed by atoms with E-state index in [0.717, 1.165) is 51.1 Å². The molecule has 0 spiro atoms. The van der Waals surface area contributed by atoms with Gasteiger partial charge in [-0.05, 0) is 43.2 Å². The molecule has 1 aromatic carbocycles. The number of para-hydroxylation sites is 1. The van der Waals surface area contributed by atoms with Crippen molar-refractivity contribution >= 4 is 11.6 Å². The van der Waals surface area contributed by atoms with Gasteiger partial charge in [-0.1, -0.05) is 18.2 Å². The van der Waals surface area contributed by atoms with Gasteiger partial charge in [0.25, 0.3) is 0 Å². The van der Waals surface area contributed by atoms with Crippen LogP contribution in [0.4, 0.5) is 5.69 Å². The highest BCUT2D eigenvalue weighted by Gasteiger charge is 2.25. The molecule has 1 fully saturated rings. The third-order valence-electron chi connectivity index (χ3n) is 4.13. The van der Waals surface area contributed by atoms with Crippen molar-refractivity contribution in [3.63, 3.8) is 0 Å². The number of fused-ring (bicyclic) bond motifs is 1. The molecule has 19 heavy (non-hydrogen) atoms. The number of aryl methyl sites for hydroxylation is 1. The maximum absolute atomic E-state index is 12.5. The molecular weight excluding hydrogens is 238 g/mol. The first kappa shape index (κ1) is 12.7. The van der Waals surface area contributed by atoms with Gasteiger partial charge in [0.1, 0.15) is 0 Å². The van der Waals surface area contributed by atoms with E-state index in [1.165, 1.54) is 5.56 Å². The van der Waals surface area contributed by atoms with Gasteiger partial charge in [0.15, 0.2) is 0 Å². The predicted octanol–water partition coefficient (Wildman–Crippen LogP) is 2.78. The summed E-state index contributed by atoms with van der Waals surface area (Å²) < 4.78 is 5.47. The minimum Gasteiger partial charge on any atom is -0.381 e. The average molecular weight is 259 g/mol. The van der Waals surface area contributed by atoms with E-state index in [9.17, 15) is 4.79 Å². The summed E-state index contributed by atoms with van der Waals surface area (Å²) in [7, 11) is 0. The summed E-state index contributed by atoms with van der Waals surface area (Å²) in [6.45, 7) is 2.47. The molecule has 3 rings (SSSR count). The zero-order valence-corrected chi connectivity index (χ0v) is 11.3. The van der Waals surface area contributed by atoms with Crippen LogP contribution in [0.1, 0.15) is 31.2 Å². The van der Waals surface area contributed by atoms with Crippen molar-refractivity contribution < 1.29 is 9.53 Å². The fraction of sp³-hybridized carbons (Fsp3) is 0.562. The highest BCUT2D eigenvalue weighted by Crippen LogP contribution is 2.28. The first-order valence-corrected chi connectivity index (χ1v) is 7.30. The zero-order valence-electron chi connectivity index (χ0n) is 11.3. The standard InChI is InChI=1S/C16H21NO2/c18-16(11-13-5-4-10-19-12-13)17-9-3-7-14-6-1-2-8-15(14)17/h1-2,6,8,13H,3-5,7,9-12H2. The van der Waals surface area contributed by atoms with E-state index in [1.54, 1.807) is 0 Å². The second-order valence-electron chi connectivity index (χ2n) is 5.56. The Balaban J connectivity index is 1.70. The van der Waals surface area contributed by atoms with Crippen molar-refractivity contribution in [2.75, 3.05) is 24.7 Å². The lowest BCUT2D eigenvalue weighted by Gasteiger charge is -2.31. The number of rotatable bonds is 2. The lowest BCUT2D eigenvalue weighted by atomic mass is 9.96. The number of nitrogens with zero attached hydrogens (tertiary/aromatic N) is 1. The van der Waals surface area contributed by atoms with Gasteiger partial charge < -0.3 is 9.64 Å². The number of carbonyl (C=O) groups excluding carboxylic acids is 1. The summed E-state index contributed by atoms with van der Waals surface area (Å²) in [5, 5.41) is 0. The van der Waals surface area contributed by atoms with Crippen LogP contribution < -0.4 is 4.90 Å². The van der Waals surface area contributed by atoms with E-state index >= 15 is 0 Å². The number of benzene rings is 1. The van der Waals surface area contributed by atoms with Crippen LogP contribution in [0.5, 0.6) is 0 Å². The van der Waals surface area contributed by atoms with Gasteiger partial charge in [0.2, 0.25) is 5.91 Å². The van der Waals surface area contributed by atoms with Crippen molar-refractivity contribution in [2.24, 2.45) is 5.92 Å². The highest BCUT2D eigenvalue weighted by atomic mass is 16.5. The smallest absolute Gasteiger partial charge is 0.227 e. The normalized spacial score (nSPS) is 22.9. The second kappa shape index (κ2) is 5.74. The molecule has 3 nitrogen and oxygen atoms in total. The van der Waals surface area contributed by atoms with Crippen molar-refractivity contribution in [3.8, 4) is 0 Å². The van der Waals surface area contributed by atoms with E-state index < -0.39 is 0 Å².